The first kappa shape index (κ1) is 12.4. The van der Waals surface area contributed by atoms with E-state index < -0.39 is 8.32 Å². The third-order valence-electron chi connectivity index (χ3n) is 3.38. The lowest BCUT2D eigenvalue weighted by molar-refractivity contribution is 0.263. The van der Waals surface area contributed by atoms with Crippen LogP contribution in [0.5, 0.6) is 0 Å². The Morgan fingerprint density at radius 3 is 2.71 bits per heavy atom. The van der Waals surface area contributed by atoms with Crippen LogP contribution in [0.3, 0.4) is 0 Å². The van der Waals surface area contributed by atoms with E-state index in [0.29, 0.717) is 0 Å². The molecule has 2 nitrogen and oxygen atoms in total. The minimum atomic E-state index is -1.37. The fraction of sp³-hybridized carbons (Fsp3) is 1.00. The molecular weight excluding hydrogens is 208 g/mol. The summed E-state index contributed by atoms with van der Waals surface area (Å²) in [6.45, 7) is 8.73. The SMILES string of the molecule is CCO[SiH2]C(CC)[Si]1(C)CCCCO1. The van der Waals surface area contributed by atoms with Gasteiger partial charge in [-0.2, -0.15) is 0 Å². The molecule has 0 aliphatic carbocycles. The van der Waals surface area contributed by atoms with Crippen molar-refractivity contribution in [3.8, 4) is 0 Å². The minimum absolute atomic E-state index is 0.340. The first-order valence-electron chi connectivity index (χ1n) is 5.94. The molecule has 1 rings (SSSR count). The highest BCUT2D eigenvalue weighted by Gasteiger charge is 2.39. The quantitative estimate of drug-likeness (QED) is 0.677. The average Bonchev–Trinajstić information content (AvgIpc) is 2.20. The third-order valence-corrected chi connectivity index (χ3v) is 12.4. The Labute approximate surface area is 91.4 Å². The van der Waals surface area contributed by atoms with Crippen LogP contribution in [0.15, 0.2) is 0 Å². The Kier molecular flexibility index (Phi) is 5.37. The van der Waals surface area contributed by atoms with Gasteiger partial charge in [0.15, 0.2) is 18.1 Å². The van der Waals surface area contributed by atoms with Crippen molar-refractivity contribution in [3.63, 3.8) is 0 Å². The maximum Gasteiger partial charge on any atom is 0.191 e. The van der Waals surface area contributed by atoms with Crippen molar-refractivity contribution in [2.75, 3.05) is 13.2 Å². The Bertz CT molecular complexity index is 158. The van der Waals surface area contributed by atoms with Crippen LogP contribution in [0.25, 0.3) is 0 Å². The highest BCUT2D eigenvalue weighted by atomic mass is 28.4. The fourth-order valence-corrected chi connectivity index (χ4v) is 8.96. The Hall–Kier alpha value is 0.354. The van der Waals surface area contributed by atoms with Crippen molar-refractivity contribution < 1.29 is 8.85 Å². The zero-order valence-corrected chi connectivity index (χ0v) is 12.3. The van der Waals surface area contributed by atoms with E-state index in [-0.39, 0.29) is 9.76 Å². The molecule has 1 aliphatic rings. The summed E-state index contributed by atoms with van der Waals surface area (Å²) in [6, 6.07) is 1.37. The van der Waals surface area contributed by atoms with E-state index in [2.05, 4.69) is 20.4 Å². The van der Waals surface area contributed by atoms with Crippen LogP contribution in [0.4, 0.5) is 0 Å². The molecule has 1 saturated heterocycles. The van der Waals surface area contributed by atoms with Gasteiger partial charge >= 0.3 is 0 Å². The third kappa shape index (κ3) is 3.19. The summed E-state index contributed by atoms with van der Waals surface area (Å²) < 4.78 is 11.8. The number of hydrogen-bond donors (Lipinski definition) is 0. The molecule has 1 aliphatic heterocycles. The van der Waals surface area contributed by atoms with Crippen molar-refractivity contribution in [1.82, 2.24) is 0 Å². The summed E-state index contributed by atoms with van der Waals surface area (Å²) in [7, 11) is -1.71. The van der Waals surface area contributed by atoms with E-state index in [1.54, 1.807) is 0 Å². The van der Waals surface area contributed by atoms with Crippen LogP contribution in [0.1, 0.15) is 33.1 Å². The molecule has 0 aromatic carbocycles. The van der Waals surface area contributed by atoms with Gasteiger partial charge in [0.25, 0.3) is 0 Å². The van der Waals surface area contributed by atoms with Crippen molar-refractivity contribution in [3.05, 3.63) is 0 Å². The van der Waals surface area contributed by atoms with E-state index in [0.717, 1.165) is 18.4 Å². The normalized spacial score (nSPS) is 31.1. The molecule has 2 unspecified atom stereocenters. The maximum absolute atomic E-state index is 6.11. The molecule has 0 bridgehead atoms. The van der Waals surface area contributed by atoms with Crippen molar-refractivity contribution in [2.45, 2.75) is 50.9 Å². The summed E-state index contributed by atoms with van der Waals surface area (Å²) >= 11 is 0. The second-order valence-corrected chi connectivity index (χ2v) is 11.2. The van der Waals surface area contributed by atoms with Gasteiger partial charge in [-0.1, -0.05) is 19.8 Å². The molecule has 0 aromatic heterocycles. The Morgan fingerprint density at radius 1 is 1.43 bits per heavy atom. The van der Waals surface area contributed by atoms with Crippen LogP contribution in [0.2, 0.25) is 17.8 Å². The average molecular weight is 232 g/mol. The first-order chi connectivity index (χ1) is 6.73. The van der Waals surface area contributed by atoms with Crippen molar-refractivity contribution in [2.24, 2.45) is 0 Å². The van der Waals surface area contributed by atoms with Gasteiger partial charge in [0.2, 0.25) is 0 Å². The Balaban J connectivity index is 2.47. The summed E-state index contributed by atoms with van der Waals surface area (Å²) in [5, 5.41) is 0.836. The van der Waals surface area contributed by atoms with Gasteiger partial charge in [-0.25, -0.2) is 0 Å². The van der Waals surface area contributed by atoms with E-state index in [4.69, 9.17) is 8.85 Å². The standard InChI is InChI=1S/C10H24O2Si2/c1-4-10(13-11-5-2)14(3)9-7-6-8-12-14/h10H,4-9,13H2,1-3H3. The second kappa shape index (κ2) is 6.05. The van der Waals surface area contributed by atoms with Crippen LogP contribution >= 0.6 is 0 Å². The van der Waals surface area contributed by atoms with Crippen molar-refractivity contribution in [1.29, 1.82) is 0 Å². The molecule has 4 heteroatoms. The van der Waals surface area contributed by atoms with Gasteiger partial charge in [0.05, 0.1) is 0 Å². The number of hydrogen-bond acceptors (Lipinski definition) is 2. The monoisotopic (exact) mass is 232 g/mol. The summed E-state index contributed by atoms with van der Waals surface area (Å²) in [4.78, 5) is 0. The van der Waals surface area contributed by atoms with Crippen LogP contribution < -0.4 is 0 Å². The first-order valence-corrected chi connectivity index (χ1v) is 10.0. The lowest BCUT2D eigenvalue weighted by Gasteiger charge is -2.37. The Morgan fingerprint density at radius 2 is 2.21 bits per heavy atom. The van der Waals surface area contributed by atoms with E-state index >= 15 is 0 Å². The fourth-order valence-electron chi connectivity index (χ4n) is 2.26. The maximum atomic E-state index is 6.11. The molecular formula is C10H24O2Si2. The molecule has 2 atom stereocenters. The molecule has 0 N–H and O–H groups in total. The molecule has 0 radical (unpaired) electrons. The minimum Gasteiger partial charge on any atom is -0.424 e. The molecule has 0 aromatic rings. The zero-order chi connectivity index (χ0) is 10.4. The second-order valence-electron chi connectivity index (χ2n) is 4.38. The molecule has 0 saturated carbocycles. The lowest BCUT2D eigenvalue weighted by atomic mass is 10.4. The largest absolute Gasteiger partial charge is 0.424 e. The van der Waals surface area contributed by atoms with Crippen molar-refractivity contribution >= 4 is 18.1 Å². The number of rotatable bonds is 5. The molecule has 0 spiro atoms. The van der Waals surface area contributed by atoms with E-state index in [1.807, 2.05) is 0 Å². The van der Waals surface area contributed by atoms with Gasteiger partial charge < -0.3 is 8.85 Å². The molecule has 0 amide bonds. The van der Waals surface area contributed by atoms with Crippen LogP contribution in [-0.2, 0) is 8.85 Å². The van der Waals surface area contributed by atoms with Gasteiger partial charge in [-0.15, -0.1) is 0 Å². The molecule has 1 heterocycles. The highest BCUT2D eigenvalue weighted by molar-refractivity contribution is 6.81. The topological polar surface area (TPSA) is 18.5 Å². The van der Waals surface area contributed by atoms with E-state index in [9.17, 15) is 0 Å². The van der Waals surface area contributed by atoms with Crippen LogP contribution in [0, 0.1) is 0 Å². The highest BCUT2D eigenvalue weighted by Crippen LogP contribution is 2.33. The van der Waals surface area contributed by atoms with Gasteiger partial charge in [-0.3, -0.25) is 0 Å². The lowest BCUT2D eigenvalue weighted by Crippen LogP contribution is -2.45. The molecule has 84 valence electrons. The summed E-state index contributed by atoms with van der Waals surface area (Å²) in [5.41, 5.74) is 0. The predicted octanol–water partition coefficient (Wildman–Crippen LogP) is 2.23. The summed E-state index contributed by atoms with van der Waals surface area (Å²) in [5.74, 6) is 0. The van der Waals surface area contributed by atoms with Gasteiger partial charge in [-0.05, 0) is 31.1 Å². The van der Waals surface area contributed by atoms with Gasteiger partial charge in [0, 0.05) is 13.2 Å². The van der Waals surface area contributed by atoms with Crippen LogP contribution in [-0.4, -0.2) is 31.3 Å². The molecule has 14 heavy (non-hydrogen) atoms. The van der Waals surface area contributed by atoms with E-state index in [1.165, 1.54) is 25.3 Å². The zero-order valence-electron chi connectivity index (χ0n) is 9.84. The van der Waals surface area contributed by atoms with Gasteiger partial charge in [0.1, 0.15) is 0 Å². The molecule has 1 fully saturated rings. The predicted molar refractivity (Wildman–Crippen MR) is 65.8 cm³/mol. The smallest absolute Gasteiger partial charge is 0.191 e. The summed E-state index contributed by atoms with van der Waals surface area (Å²) in [6.07, 6.45) is 3.93.